The Morgan fingerprint density at radius 2 is 1.73 bits per heavy atom. The highest BCUT2D eigenvalue weighted by Gasteiger charge is 2.30. The van der Waals surface area contributed by atoms with Crippen LogP contribution < -0.4 is 10.2 Å². The minimum Gasteiger partial charge on any atom is -0.347 e. The molecule has 0 aliphatic carbocycles. The van der Waals surface area contributed by atoms with Crippen LogP contribution in [0.3, 0.4) is 0 Å². The van der Waals surface area contributed by atoms with E-state index in [2.05, 4.69) is 25.3 Å². The number of H-pyrrole nitrogens is 1. The second kappa shape index (κ2) is 7.29. The molecule has 0 aliphatic heterocycles. The molecule has 2 aromatic carbocycles. The fourth-order valence-electron chi connectivity index (χ4n) is 2.85. The molecular weight excluding hydrogens is 400 g/mol. The Hall–Kier alpha value is -3.69. The van der Waals surface area contributed by atoms with Gasteiger partial charge < -0.3 is 15.2 Å². The standard InChI is InChI=1S/C20H16F4N6/c1-30(2)19-25-8-7-17(29-19)26-14-10-16-15(9-13(14)21)27-18(28-16)11-3-5-12(6-4-11)20(22,23)24/h3-10H,1-2H3,(H,27,28)(H,25,26,29). The van der Waals surface area contributed by atoms with Gasteiger partial charge in [0.2, 0.25) is 5.95 Å². The Morgan fingerprint density at radius 3 is 2.40 bits per heavy atom. The van der Waals surface area contributed by atoms with Crippen LogP contribution >= 0.6 is 0 Å². The normalized spacial score (nSPS) is 11.7. The van der Waals surface area contributed by atoms with Crippen LogP contribution in [0.4, 0.5) is 35.0 Å². The van der Waals surface area contributed by atoms with E-state index in [-0.39, 0.29) is 5.69 Å². The van der Waals surface area contributed by atoms with E-state index in [9.17, 15) is 17.6 Å². The number of anilines is 3. The largest absolute Gasteiger partial charge is 0.416 e. The highest BCUT2D eigenvalue weighted by molar-refractivity contribution is 5.83. The maximum absolute atomic E-state index is 14.6. The molecule has 0 aliphatic rings. The molecule has 30 heavy (non-hydrogen) atoms. The monoisotopic (exact) mass is 416 g/mol. The molecule has 0 saturated heterocycles. The smallest absolute Gasteiger partial charge is 0.347 e. The van der Waals surface area contributed by atoms with E-state index in [0.717, 1.165) is 12.1 Å². The van der Waals surface area contributed by atoms with Crippen LogP contribution in [0.1, 0.15) is 5.56 Å². The topological polar surface area (TPSA) is 69.7 Å². The molecule has 10 heteroatoms. The number of nitrogens with one attached hydrogen (secondary N) is 2. The van der Waals surface area contributed by atoms with Crippen molar-refractivity contribution in [1.82, 2.24) is 19.9 Å². The van der Waals surface area contributed by atoms with Gasteiger partial charge in [0.15, 0.2) is 0 Å². The highest BCUT2D eigenvalue weighted by atomic mass is 19.4. The predicted octanol–water partition coefficient (Wildman–Crippen LogP) is 4.99. The lowest BCUT2D eigenvalue weighted by Gasteiger charge is -2.12. The Bertz CT molecular complexity index is 1200. The molecule has 2 heterocycles. The van der Waals surface area contributed by atoms with E-state index in [0.29, 0.717) is 34.2 Å². The Balaban J connectivity index is 1.65. The van der Waals surface area contributed by atoms with Crippen molar-refractivity contribution in [2.75, 3.05) is 24.3 Å². The van der Waals surface area contributed by atoms with Gasteiger partial charge in [0.1, 0.15) is 17.5 Å². The van der Waals surface area contributed by atoms with E-state index in [1.807, 2.05) is 0 Å². The third kappa shape index (κ3) is 3.88. The first-order valence-corrected chi connectivity index (χ1v) is 8.85. The molecule has 0 bridgehead atoms. The van der Waals surface area contributed by atoms with E-state index >= 15 is 0 Å². The third-order valence-corrected chi connectivity index (χ3v) is 4.36. The molecule has 0 saturated carbocycles. The zero-order valence-corrected chi connectivity index (χ0v) is 15.9. The number of hydrogen-bond acceptors (Lipinski definition) is 5. The summed E-state index contributed by atoms with van der Waals surface area (Å²) in [6.07, 6.45) is -2.86. The lowest BCUT2D eigenvalue weighted by atomic mass is 10.1. The van der Waals surface area contributed by atoms with E-state index in [1.165, 1.54) is 24.3 Å². The van der Waals surface area contributed by atoms with Crippen molar-refractivity contribution in [3.8, 4) is 11.4 Å². The fraction of sp³-hybridized carbons (Fsp3) is 0.150. The first-order chi connectivity index (χ1) is 14.2. The van der Waals surface area contributed by atoms with E-state index in [1.54, 1.807) is 31.3 Å². The average Bonchev–Trinajstić information content (AvgIpc) is 3.10. The van der Waals surface area contributed by atoms with E-state index in [4.69, 9.17) is 0 Å². The summed E-state index contributed by atoms with van der Waals surface area (Å²) in [4.78, 5) is 17.4. The minimum absolute atomic E-state index is 0.163. The molecule has 2 aromatic heterocycles. The van der Waals surface area contributed by atoms with Gasteiger partial charge in [0, 0.05) is 31.9 Å². The van der Waals surface area contributed by atoms with Gasteiger partial charge >= 0.3 is 6.18 Å². The number of fused-ring (bicyclic) bond motifs is 1. The average molecular weight is 416 g/mol. The Morgan fingerprint density at radius 1 is 1.00 bits per heavy atom. The zero-order chi connectivity index (χ0) is 21.5. The van der Waals surface area contributed by atoms with Crippen molar-refractivity contribution < 1.29 is 17.6 Å². The Labute approximate surface area is 168 Å². The van der Waals surface area contributed by atoms with Crippen molar-refractivity contribution in [1.29, 1.82) is 0 Å². The zero-order valence-electron chi connectivity index (χ0n) is 15.9. The molecule has 0 unspecified atom stereocenters. The number of aromatic amines is 1. The first-order valence-electron chi connectivity index (χ1n) is 8.85. The maximum atomic E-state index is 14.6. The fourth-order valence-corrected chi connectivity index (χ4v) is 2.85. The molecule has 4 rings (SSSR count). The van der Waals surface area contributed by atoms with Gasteiger partial charge in [-0.05, 0) is 24.3 Å². The molecule has 0 atom stereocenters. The van der Waals surface area contributed by atoms with Crippen molar-refractivity contribution >= 4 is 28.5 Å². The summed E-state index contributed by atoms with van der Waals surface area (Å²) in [6.45, 7) is 0. The molecular formula is C20H16F4N6. The number of imidazole rings is 1. The molecule has 0 spiro atoms. The predicted molar refractivity (Wildman–Crippen MR) is 106 cm³/mol. The van der Waals surface area contributed by atoms with Gasteiger partial charge in [-0.3, -0.25) is 0 Å². The molecule has 6 nitrogen and oxygen atoms in total. The molecule has 154 valence electrons. The number of benzene rings is 2. The number of aromatic nitrogens is 4. The number of nitrogens with zero attached hydrogens (tertiary/aromatic N) is 4. The van der Waals surface area contributed by atoms with E-state index < -0.39 is 17.6 Å². The third-order valence-electron chi connectivity index (χ3n) is 4.36. The number of halogens is 4. The number of alkyl halides is 3. The second-order valence-electron chi connectivity index (χ2n) is 6.77. The van der Waals surface area contributed by atoms with Crippen LogP contribution in [0, 0.1) is 5.82 Å². The number of rotatable bonds is 4. The summed E-state index contributed by atoms with van der Waals surface area (Å²) in [7, 11) is 3.58. The Kier molecular flexibility index (Phi) is 4.76. The lowest BCUT2D eigenvalue weighted by molar-refractivity contribution is -0.137. The molecule has 0 amide bonds. The second-order valence-corrected chi connectivity index (χ2v) is 6.77. The van der Waals surface area contributed by atoms with Crippen molar-refractivity contribution in [2.45, 2.75) is 6.18 Å². The highest BCUT2D eigenvalue weighted by Crippen LogP contribution is 2.31. The SMILES string of the molecule is CN(C)c1nccc(Nc2cc3nc(-c4ccc(C(F)(F)F)cc4)[nH]c3cc2F)n1. The van der Waals surface area contributed by atoms with Gasteiger partial charge in [0.25, 0.3) is 0 Å². The van der Waals surface area contributed by atoms with Gasteiger partial charge in [-0.15, -0.1) is 0 Å². The maximum Gasteiger partial charge on any atom is 0.416 e. The van der Waals surface area contributed by atoms with Crippen LogP contribution in [0.25, 0.3) is 22.4 Å². The van der Waals surface area contributed by atoms with Gasteiger partial charge in [-0.2, -0.15) is 18.2 Å². The van der Waals surface area contributed by atoms with Crippen LogP contribution in [0.5, 0.6) is 0 Å². The first kappa shape index (κ1) is 19.6. The van der Waals surface area contributed by atoms with Crippen molar-refractivity contribution in [3.05, 3.63) is 60.0 Å². The van der Waals surface area contributed by atoms with Gasteiger partial charge in [-0.1, -0.05) is 12.1 Å². The minimum atomic E-state index is -4.41. The summed E-state index contributed by atoms with van der Waals surface area (Å²) in [6, 6.07) is 8.98. The van der Waals surface area contributed by atoms with Gasteiger partial charge in [0.05, 0.1) is 22.3 Å². The quantitative estimate of drug-likeness (QED) is 0.459. The van der Waals surface area contributed by atoms with Gasteiger partial charge in [-0.25, -0.2) is 14.4 Å². The van der Waals surface area contributed by atoms with Crippen LogP contribution in [0.15, 0.2) is 48.7 Å². The summed E-state index contributed by atoms with van der Waals surface area (Å²) in [5, 5.41) is 2.90. The summed E-state index contributed by atoms with van der Waals surface area (Å²) in [5.41, 5.74) is 0.749. The summed E-state index contributed by atoms with van der Waals surface area (Å²) < 4.78 is 52.8. The van der Waals surface area contributed by atoms with Crippen molar-refractivity contribution in [3.63, 3.8) is 0 Å². The van der Waals surface area contributed by atoms with Crippen LogP contribution in [-0.4, -0.2) is 34.0 Å². The summed E-state index contributed by atoms with van der Waals surface area (Å²) in [5.74, 6) is 0.679. The van der Waals surface area contributed by atoms with Crippen LogP contribution in [-0.2, 0) is 6.18 Å². The summed E-state index contributed by atoms with van der Waals surface area (Å²) >= 11 is 0. The molecule has 4 aromatic rings. The molecule has 0 fully saturated rings. The number of hydrogen-bond donors (Lipinski definition) is 2. The molecule has 0 radical (unpaired) electrons. The van der Waals surface area contributed by atoms with Crippen LogP contribution in [0.2, 0.25) is 0 Å². The van der Waals surface area contributed by atoms with Crippen molar-refractivity contribution in [2.24, 2.45) is 0 Å². The molecule has 2 N–H and O–H groups in total. The lowest BCUT2D eigenvalue weighted by Crippen LogP contribution is -2.13.